The monoisotopic (exact) mass is 202 g/mol. The molecule has 1 saturated heterocycles. The number of likely N-dealkylation sites (tertiary alicyclic amines) is 1. The van der Waals surface area contributed by atoms with Crippen LogP contribution in [0.5, 0.6) is 0 Å². The van der Waals surface area contributed by atoms with Crippen molar-refractivity contribution in [3.8, 4) is 0 Å². The van der Waals surface area contributed by atoms with Crippen molar-refractivity contribution in [2.24, 2.45) is 17.6 Å². The van der Waals surface area contributed by atoms with E-state index >= 15 is 0 Å². The Labute approximate surface area is 86.2 Å². The molecule has 1 rings (SSSR count). The van der Waals surface area contributed by atoms with Crippen molar-refractivity contribution in [2.45, 2.75) is 13.3 Å². The molecule has 78 valence electrons. The molecule has 1 heterocycles. The van der Waals surface area contributed by atoms with Crippen LogP contribution >= 0.6 is 11.8 Å². The molecule has 0 aromatic carbocycles. The van der Waals surface area contributed by atoms with Crippen LogP contribution in [0.4, 0.5) is 0 Å². The molecular weight excluding hydrogens is 180 g/mol. The van der Waals surface area contributed by atoms with Crippen molar-refractivity contribution in [1.29, 1.82) is 0 Å². The first-order chi connectivity index (χ1) is 6.27. The van der Waals surface area contributed by atoms with Gasteiger partial charge in [0, 0.05) is 18.8 Å². The van der Waals surface area contributed by atoms with Crippen molar-refractivity contribution in [2.75, 3.05) is 38.2 Å². The average molecular weight is 202 g/mol. The second-order valence-electron chi connectivity index (χ2n) is 4.06. The zero-order valence-electron chi connectivity index (χ0n) is 8.83. The highest BCUT2D eigenvalue weighted by Gasteiger charge is 2.24. The summed E-state index contributed by atoms with van der Waals surface area (Å²) in [4.78, 5) is 2.56. The van der Waals surface area contributed by atoms with E-state index in [0.717, 1.165) is 18.4 Å². The van der Waals surface area contributed by atoms with Crippen molar-refractivity contribution in [3.05, 3.63) is 0 Å². The zero-order chi connectivity index (χ0) is 9.68. The SMILES string of the molecule is CSCCN1CCC(C)C(CN)C1. The van der Waals surface area contributed by atoms with Gasteiger partial charge in [0.25, 0.3) is 0 Å². The Bertz CT molecular complexity index is 139. The van der Waals surface area contributed by atoms with Crippen LogP contribution in [0.2, 0.25) is 0 Å². The van der Waals surface area contributed by atoms with Crippen LogP contribution in [0.1, 0.15) is 13.3 Å². The van der Waals surface area contributed by atoms with Crippen LogP contribution in [0.25, 0.3) is 0 Å². The van der Waals surface area contributed by atoms with E-state index in [-0.39, 0.29) is 0 Å². The Kier molecular flexibility index (Phi) is 5.14. The summed E-state index contributed by atoms with van der Waals surface area (Å²) in [7, 11) is 0. The minimum absolute atomic E-state index is 0.732. The maximum Gasteiger partial charge on any atom is 0.00724 e. The molecule has 0 aromatic heterocycles. The molecule has 13 heavy (non-hydrogen) atoms. The van der Waals surface area contributed by atoms with Crippen LogP contribution in [0.3, 0.4) is 0 Å². The molecule has 0 aliphatic carbocycles. The fourth-order valence-corrected chi connectivity index (χ4v) is 2.40. The molecule has 0 amide bonds. The third kappa shape index (κ3) is 3.49. The Balaban J connectivity index is 2.27. The standard InChI is InChI=1S/C10H22N2S/c1-9-3-4-12(5-6-13-2)8-10(9)7-11/h9-10H,3-8,11H2,1-2H3. The predicted octanol–water partition coefficient (Wildman–Crippen LogP) is 1.27. The Morgan fingerprint density at radius 2 is 2.31 bits per heavy atom. The molecule has 2 nitrogen and oxygen atoms in total. The fourth-order valence-electron chi connectivity index (χ4n) is 1.96. The molecule has 0 radical (unpaired) electrons. The number of thioether (sulfide) groups is 1. The Hall–Kier alpha value is 0.270. The summed E-state index contributed by atoms with van der Waals surface area (Å²) in [5.41, 5.74) is 5.75. The summed E-state index contributed by atoms with van der Waals surface area (Å²) in [5, 5.41) is 0. The minimum atomic E-state index is 0.732. The molecule has 0 spiro atoms. The lowest BCUT2D eigenvalue weighted by atomic mass is 9.87. The summed E-state index contributed by atoms with van der Waals surface area (Å²) in [5.74, 6) is 2.82. The third-order valence-corrected chi connectivity index (χ3v) is 3.70. The molecule has 3 heteroatoms. The molecule has 2 N–H and O–H groups in total. The van der Waals surface area contributed by atoms with Crippen molar-refractivity contribution in [1.82, 2.24) is 4.90 Å². The van der Waals surface area contributed by atoms with Gasteiger partial charge in [0.15, 0.2) is 0 Å². The smallest absolute Gasteiger partial charge is 0.00724 e. The molecule has 2 atom stereocenters. The lowest BCUT2D eigenvalue weighted by Crippen LogP contribution is -2.43. The highest BCUT2D eigenvalue weighted by molar-refractivity contribution is 7.98. The average Bonchev–Trinajstić information content (AvgIpc) is 2.16. The number of hydrogen-bond acceptors (Lipinski definition) is 3. The predicted molar refractivity (Wildman–Crippen MR) is 61.1 cm³/mol. The Morgan fingerprint density at radius 1 is 1.54 bits per heavy atom. The largest absolute Gasteiger partial charge is 0.330 e. The summed E-state index contributed by atoms with van der Waals surface area (Å²) in [6.45, 7) is 6.93. The third-order valence-electron chi connectivity index (χ3n) is 3.11. The van der Waals surface area contributed by atoms with Gasteiger partial charge in [0.2, 0.25) is 0 Å². The number of hydrogen-bond donors (Lipinski definition) is 1. The van der Waals surface area contributed by atoms with Crippen LogP contribution in [-0.2, 0) is 0 Å². The van der Waals surface area contributed by atoms with Gasteiger partial charge >= 0.3 is 0 Å². The first-order valence-corrected chi connectivity index (χ1v) is 6.58. The van der Waals surface area contributed by atoms with Gasteiger partial charge in [-0.25, -0.2) is 0 Å². The molecule has 2 unspecified atom stereocenters. The molecule has 1 aliphatic rings. The van der Waals surface area contributed by atoms with Gasteiger partial charge in [-0.2, -0.15) is 11.8 Å². The maximum atomic E-state index is 5.75. The van der Waals surface area contributed by atoms with Crippen LogP contribution in [-0.4, -0.2) is 43.1 Å². The quantitative estimate of drug-likeness (QED) is 0.744. The van der Waals surface area contributed by atoms with E-state index in [2.05, 4.69) is 18.1 Å². The highest BCUT2D eigenvalue weighted by atomic mass is 32.2. The van der Waals surface area contributed by atoms with E-state index in [4.69, 9.17) is 5.73 Å². The van der Waals surface area contributed by atoms with E-state index < -0.39 is 0 Å². The summed E-state index contributed by atoms with van der Waals surface area (Å²) < 4.78 is 0. The normalized spacial score (nSPS) is 30.7. The molecule has 1 fully saturated rings. The maximum absolute atomic E-state index is 5.75. The fraction of sp³-hybridized carbons (Fsp3) is 1.00. The number of nitrogens with zero attached hydrogens (tertiary/aromatic N) is 1. The van der Waals surface area contributed by atoms with Crippen LogP contribution in [0, 0.1) is 11.8 Å². The van der Waals surface area contributed by atoms with Crippen molar-refractivity contribution >= 4 is 11.8 Å². The lowest BCUT2D eigenvalue weighted by Gasteiger charge is -2.36. The highest BCUT2D eigenvalue weighted by Crippen LogP contribution is 2.21. The van der Waals surface area contributed by atoms with Gasteiger partial charge in [-0.3, -0.25) is 0 Å². The first-order valence-electron chi connectivity index (χ1n) is 5.19. The van der Waals surface area contributed by atoms with Gasteiger partial charge in [-0.05, 0) is 37.6 Å². The summed E-state index contributed by atoms with van der Waals surface area (Å²) in [6, 6.07) is 0. The summed E-state index contributed by atoms with van der Waals surface area (Å²) >= 11 is 1.93. The van der Waals surface area contributed by atoms with E-state index in [1.54, 1.807) is 0 Å². The van der Waals surface area contributed by atoms with Gasteiger partial charge < -0.3 is 10.6 Å². The number of nitrogens with two attached hydrogens (primary N) is 1. The van der Waals surface area contributed by atoms with Gasteiger partial charge in [-0.15, -0.1) is 0 Å². The van der Waals surface area contributed by atoms with Crippen LogP contribution in [0.15, 0.2) is 0 Å². The van der Waals surface area contributed by atoms with E-state index in [1.165, 1.54) is 31.8 Å². The van der Waals surface area contributed by atoms with Gasteiger partial charge in [-0.1, -0.05) is 6.92 Å². The first kappa shape index (κ1) is 11.3. The van der Waals surface area contributed by atoms with Gasteiger partial charge in [0.05, 0.1) is 0 Å². The molecule has 1 aliphatic heterocycles. The van der Waals surface area contributed by atoms with Crippen molar-refractivity contribution in [3.63, 3.8) is 0 Å². The van der Waals surface area contributed by atoms with Crippen molar-refractivity contribution < 1.29 is 0 Å². The molecule has 0 saturated carbocycles. The second-order valence-corrected chi connectivity index (χ2v) is 5.04. The van der Waals surface area contributed by atoms with E-state index in [1.807, 2.05) is 11.8 Å². The minimum Gasteiger partial charge on any atom is -0.330 e. The van der Waals surface area contributed by atoms with Gasteiger partial charge in [0.1, 0.15) is 0 Å². The zero-order valence-corrected chi connectivity index (χ0v) is 9.65. The molecular formula is C10H22N2S. The Morgan fingerprint density at radius 3 is 2.92 bits per heavy atom. The summed E-state index contributed by atoms with van der Waals surface area (Å²) in [6.07, 6.45) is 3.50. The number of piperidine rings is 1. The topological polar surface area (TPSA) is 29.3 Å². The van der Waals surface area contributed by atoms with E-state index in [9.17, 15) is 0 Å². The van der Waals surface area contributed by atoms with E-state index in [0.29, 0.717) is 0 Å². The molecule has 0 bridgehead atoms. The second kappa shape index (κ2) is 5.89. The number of rotatable bonds is 4. The lowest BCUT2D eigenvalue weighted by molar-refractivity contribution is 0.139. The molecule has 0 aromatic rings. The van der Waals surface area contributed by atoms with Crippen LogP contribution < -0.4 is 5.73 Å².